The maximum atomic E-state index is 13.6. The largest absolute Gasteiger partial charge is 0.458 e. The molecule has 1 heterocycles. The molecule has 5 rings (SSSR count). The zero-order valence-corrected chi connectivity index (χ0v) is 22.4. The lowest BCUT2D eigenvalue weighted by Gasteiger charge is -2.35. The number of ether oxygens (including phenoxy) is 2. The van der Waals surface area contributed by atoms with Crippen LogP contribution in [0.2, 0.25) is 0 Å². The Morgan fingerprint density at radius 1 is 1.03 bits per heavy atom. The molecule has 0 aromatic heterocycles. The van der Waals surface area contributed by atoms with Crippen LogP contribution in [-0.4, -0.2) is 52.5 Å². The number of rotatable bonds is 6. The molecule has 3 N–H and O–H groups in total. The Morgan fingerprint density at radius 2 is 1.67 bits per heavy atom. The monoisotopic (exact) mass is 533 g/mol. The van der Waals surface area contributed by atoms with Crippen molar-refractivity contribution in [1.29, 1.82) is 0 Å². The Kier molecular flexibility index (Phi) is 7.11. The van der Waals surface area contributed by atoms with Crippen molar-refractivity contribution in [3.8, 4) is 0 Å². The third kappa shape index (κ3) is 5.36. The van der Waals surface area contributed by atoms with Gasteiger partial charge in [-0.15, -0.1) is 0 Å². The van der Waals surface area contributed by atoms with Crippen LogP contribution in [0.5, 0.6) is 0 Å². The summed E-state index contributed by atoms with van der Waals surface area (Å²) in [6, 6.07) is 16.1. The van der Waals surface area contributed by atoms with Crippen molar-refractivity contribution in [3.05, 3.63) is 82.9 Å². The molecule has 1 saturated carbocycles. The first-order valence-corrected chi connectivity index (χ1v) is 13.4. The van der Waals surface area contributed by atoms with E-state index in [1.54, 1.807) is 67.6 Å². The second-order valence-electron chi connectivity index (χ2n) is 12.0. The zero-order chi connectivity index (χ0) is 27.9. The molecule has 8 heteroatoms. The molecule has 0 bridgehead atoms. The van der Waals surface area contributed by atoms with E-state index in [0.717, 1.165) is 0 Å². The lowest BCUT2D eigenvalue weighted by molar-refractivity contribution is -0.164. The van der Waals surface area contributed by atoms with E-state index < -0.39 is 41.7 Å². The number of carbonyl (C=O) groups is 3. The molecule has 39 heavy (non-hydrogen) atoms. The summed E-state index contributed by atoms with van der Waals surface area (Å²) in [6.45, 7) is 6.00. The standard InChI is InChI=1S/C31H35NO7/c1-30(2)15-21-22(16-30)31(3,37)14-20-17-38-28(35)23(20)26(21)39-29(36)25(33)24(18-10-6-4-7-11-18)32-27(34)19-12-8-5-9-13-19/h4-13,21-22,24-26,33,37H,14-17H2,1-3H3,(H,32,34)/t21-,22+,24+,25-,26?,31+/m1/s1. The van der Waals surface area contributed by atoms with E-state index in [1.807, 2.05) is 0 Å². The van der Waals surface area contributed by atoms with Gasteiger partial charge in [0.25, 0.3) is 5.91 Å². The Morgan fingerprint density at radius 3 is 2.33 bits per heavy atom. The molecular formula is C31H35NO7. The van der Waals surface area contributed by atoms with Gasteiger partial charge in [0.15, 0.2) is 6.10 Å². The fraction of sp³-hybridized carbons (Fsp3) is 0.452. The van der Waals surface area contributed by atoms with E-state index in [0.29, 0.717) is 29.5 Å². The number of esters is 2. The number of aliphatic hydroxyl groups excluding tert-OH is 1. The predicted octanol–water partition coefficient (Wildman–Crippen LogP) is 3.49. The van der Waals surface area contributed by atoms with Crippen LogP contribution in [0.4, 0.5) is 0 Å². The Hall–Kier alpha value is -3.49. The van der Waals surface area contributed by atoms with Crippen molar-refractivity contribution in [1.82, 2.24) is 5.32 Å². The predicted molar refractivity (Wildman–Crippen MR) is 142 cm³/mol. The summed E-state index contributed by atoms with van der Waals surface area (Å²) in [5.74, 6) is -2.53. The molecule has 1 fully saturated rings. The molecule has 2 aliphatic carbocycles. The maximum absolute atomic E-state index is 13.6. The van der Waals surface area contributed by atoms with E-state index in [9.17, 15) is 24.6 Å². The Bertz CT molecular complexity index is 1280. The van der Waals surface area contributed by atoms with Crippen LogP contribution in [0, 0.1) is 17.3 Å². The van der Waals surface area contributed by atoms with Crippen molar-refractivity contribution < 1.29 is 34.1 Å². The summed E-state index contributed by atoms with van der Waals surface area (Å²) in [5, 5.41) is 25.5. The highest BCUT2D eigenvalue weighted by molar-refractivity contribution is 5.95. The summed E-state index contributed by atoms with van der Waals surface area (Å²) >= 11 is 0. The highest BCUT2D eigenvalue weighted by atomic mass is 16.6. The van der Waals surface area contributed by atoms with Crippen LogP contribution < -0.4 is 5.32 Å². The number of benzene rings is 2. The molecule has 1 aliphatic heterocycles. The second-order valence-corrected chi connectivity index (χ2v) is 12.0. The number of hydrogen-bond donors (Lipinski definition) is 3. The Balaban J connectivity index is 1.45. The molecule has 1 unspecified atom stereocenters. The van der Waals surface area contributed by atoms with Crippen molar-refractivity contribution in [2.45, 2.75) is 63.9 Å². The normalized spacial score (nSPS) is 28.9. The molecule has 6 atom stereocenters. The first-order valence-electron chi connectivity index (χ1n) is 13.4. The molecule has 0 radical (unpaired) electrons. The molecule has 8 nitrogen and oxygen atoms in total. The minimum atomic E-state index is -1.75. The van der Waals surface area contributed by atoms with Crippen LogP contribution in [0.15, 0.2) is 71.8 Å². The quantitative estimate of drug-likeness (QED) is 0.486. The number of nitrogens with one attached hydrogen (secondary N) is 1. The van der Waals surface area contributed by atoms with E-state index >= 15 is 0 Å². The lowest BCUT2D eigenvalue weighted by Crippen LogP contribution is -2.45. The smallest absolute Gasteiger partial charge is 0.338 e. The van der Waals surface area contributed by atoms with Crippen molar-refractivity contribution in [2.24, 2.45) is 17.3 Å². The van der Waals surface area contributed by atoms with E-state index in [2.05, 4.69) is 19.2 Å². The van der Waals surface area contributed by atoms with Gasteiger partial charge in [-0.05, 0) is 54.4 Å². The van der Waals surface area contributed by atoms with Gasteiger partial charge in [0.2, 0.25) is 0 Å². The molecule has 3 aliphatic rings. The summed E-state index contributed by atoms with van der Waals surface area (Å²) in [4.78, 5) is 39.5. The number of carbonyl (C=O) groups excluding carboxylic acids is 3. The van der Waals surface area contributed by atoms with Crippen LogP contribution in [0.1, 0.15) is 62.0 Å². The van der Waals surface area contributed by atoms with Gasteiger partial charge in [-0.25, -0.2) is 9.59 Å². The number of amides is 1. The highest BCUT2D eigenvalue weighted by Gasteiger charge is 2.56. The summed E-state index contributed by atoms with van der Waals surface area (Å²) < 4.78 is 11.3. The average Bonchev–Trinajstić information content (AvgIpc) is 3.42. The van der Waals surface area contributed by atoms with Gasteiger partial charge in [-0.2, -0.15) is 0 Å². The lowest BCUT2D eigenvalue weighted by atomic mass is 9.78. The van der Waals surface area contributed by atoms with Gasteiger partial charge in [-0.1, -0.05) is 62.4 Å². The molecule has 206 valence electrons. The molecule has 2 aromatic rings. The number of fused-ring (bicyclic) bond motifs is 1. The van der Waals surface area contributed by atoms with E-state index in [1.165, 1.54) is 0 Å². The first-order chi connectivity index (χ1) is 18.5. The topological polar surface area (TPSA) is 122 Å². The SMILES string of the molecule is CC1(C)C[C@H]2C(OC(=O)[C@H](O)[C@@H](NC(=O)c3ccccc3)c3ccccc3)C3=C(COC3=O)C[C@](C)(O)[C@H]2C1. The summed E-state index contributed by atoms with van der Waals surface area (Å²) in [5.41, 5.74) is 0.550. The third-order valence-electron chi connectivity index (χ3n) is 8.38. The number of hydrogen-bond acceptors (Lipinski definition) is 7. The van der Waals surface area contributed by atoms with Gasteiger partial charge in [0.1, 0.15) is 12.7 Å². The fourth-order valence-corrected chi connectivity index (χ4v) is 6.60. The molecule has 1 amide bonds. The van der Waals surface area contributed by atoms with Crippen LogP contribution >= 0.6 is 0 Å². The average molecular weight is 534 g/mol. The number of aliphatic hydroxyl groups is 2. The van der Waals surface area contributed by atoms with Gasteiger partial charge in [0.05, 0.1) is 17.2 Å². The minimum absolute atomic E-state index is 0.0452. The summed E-state index contributed by atoms with van der Waals surface area (Å²) in [7, 11) is 0. The van der Waals surface area contributed by atoms with Crippen LogP contribution in [0.25, 0.3) is 0 Å². The van der Waals surface area contributed by atoms with Gasteiger partial charge in [0, 0.05) is 17.9 Å². The van der Waals surface area contributed by atoms with E-state index in [-0.39, 0.29) is 35.9 Å². The maximum Gasteiger partial charge on any atom is 0.338 e. The van der Waals surface area contributed by atoms with Crippen molar-refractivity contribution >= 4 is 17.8 Å². The van der Waals surface area contributed by atoms with Crippen LogP contribution in [0.3, 0.4) is 0 Å². The second kappa shape index (κ2) is 10.2. The molecule has 0 saturated heterocycles. The van der Waals surface area contributed by atoms with Crippen molar-refractivity contribution in [2.75, 3.05) is 6.61 Å². The number of cyclic esters (lactones) is 1. The molecule has 2 aromatic carbocycles. The zero-order valence-electron chi connectivity index (χ0n) is 22.4. The summed E-state index contributed by atoms with van der Waals surface area (Å²) in [6.07, 6.45) is -1.14. The third-order valence-corrected chi connectivity index (χ3v) is 8.38. The highest BCUT2D eigenvalue weighted by Crippen LogP contribution is 2.56. The van der Waals surface area contributed by atoms with Crippen LogP contribution in [-0.2, 0) is 19.1 Å². The first kappa shape index (κ1) is 27.1. The minimum Gasteiger partial charge on any atom is -0.458 e. The van der Waals surface area contributed by atoms with Gasteiger partial charge >= 0.3 is 11.9 Å². The molecular weight excluding hydrogens is 498 g/mol. The Labute approximate surface area is 228 Å². The van der Waals surface area contributed by atoms with Crippen molar-refractivity contribution in [3.63, 3.8) is 0 Å². The van der Waals surface area contributed by atoms with E-state index in [4.69, 9.17) is 9.47 Å². The van der Waals surface area contributed by atoms with Gasteiger partial charge < -0.3 is 25.0 Å². The molecule has 0 spiro atoms. The van der Waals surface area contributed by atoms with Gasteiger partial charge in [-0.3, -0.25) is 4.79 Å². The fourth-order valence-electron chi connectivity index (χ4n) is 6.60.